The molecule has 8 nitrogen and oxygen atoms in total. The summed E-state index contributed by atoms with van der Waals surface area (Å²) in [7, 11) is -1.92. The Kier molecular flexibility index (Phi) is 7.85. The molecule has 4 rings (SSSR count). The number of benzene rings is 1. The minimum Gasteiger partial charge on any atom is -0.475 e. The van der Waals surface area contributed by atoms with Crippen LogP contribution < -0.4 is 15.8 Å². The van der Waals surface area contributed by atoms with Crippen LogP contribution in [0.3, 0.4) is 0 Å². The zero-order chi connectivity index (χ0) is 27.7. The lowest BCUT2D eigenvalue weighted by Gasteiger charge is -2.36. The normalized spacial score (nSPS) is 13.9. The molecule has 202 valence electrons. The number of carbonyl (C=O) groups is 1. The highest BCUT2D eigenvalue weighted by Crippen LogP contribution is 2.36. The first-order valence-corrected chi connectivity index (χ1v) is 15.7. The average Bonchev–Trinajstić information content (AvgIpc) is 3.69. The number of ether oxygens (including phenoxy) is 1. The number of amides is 1. The van der Waals surface area contributed by atoms with Gasteiger partial charge in [0, 0.05) is 29.3 Å². The van der Waals surface area contributed by atoms with E-state index in [9.17, 15) is 9.18 Å². The van der Waals surface area contributed by atoms with E-state index in [4.69, 9.17) is 19.9 Å². The standard InChI is InChI=1S/C28H36FN5O3Si/c1-17-13-21(29)22(30)15-20(17)23-16-25(36-11-12-37-38(5,6)28(2,3)4)34-26(32-23)19-9-10-31-24(14-19)33-27(35)18-7-8-18/h9-10,13-16,18H,7-8,11-12,30H2,1-6H3,(H,31,33,35). The molecule has 1 aliphatic rings. The molecule has 1 fully saturated rings. The zero-order valence-corrected chi connectivity index (χ0v) is 23.9. The summed E-state index contributed by atoms with van der Waals surface area (Å²) >= 11 is 0. The number of anilines is 2. The Hall–Kier alpha value is -3.37. The summed E-state index contributed by atoms with van der Waals surface area (Å²) in [6.07, 6.45) is 3.40. The smallest absolute Gasteiger partial charge is 0.228 e. The number of rotatable bonds is 9. The van der Waals surface area contributed by atoms with Crippen LogP contribution in [0.4, 0.5) is 15.9 Å². The van der Waals surface area contributed by atoms with Gasteiger partial charge < -0.3 is 20.2 Å². The summed E-state index contributed by atoms with van der Waals surface area (Å²) in [6.45, 7) is 13.5. The third-order valence-electron chi connectivity index (χ3n) is 7.14. The summed E-state index contributed by atoms with van der Waals surface area (Å²) in [6, 6.07) is 8.16. The van der Waals surface area contributed by atoms with Crippen molar-refractivity contribution in [3.63, 3.8) is 0 Å². The Balaban J connectivity index is 1.63. The number of carbonyl (C=O) groups excluding carboxylic acids is 1. The van der Waals surface area contributed by atoms with E-state index in [1.807, 2.05) is 0 Å². The maximum absolute atomic E-state index is 14.1. The summed E-state index contributed by atoms with van der Waals surface area (Å²) in [5, 5.41) is 2.95. The molecule has 1 aliphatic carbocycles. The second-order valence-electron chi connectivity index (χ2n) is 11.3. The van der Waals surface area contributed by atoms with Gasteiger partial charge in [0.05, 0.1) is 18.0 Å². The fourth-order valence-electron chi connectivity index (χ4n) is 3.60. The molecule has 1 saturated carbocycles. The van der Waals surface area contributed by atoms with E-state index < -0.39 is 14.1 Å². The second-order valence-corrected chi connectivity index (χ2v) is 16.1. The summed E-state index contributed by atoms with van der Waals surface area (Å²) < 4.78 is 26.3. The lowest BCUT2D eigenvalue weighted by atomic mass is 10.0. The summed E-state index contributed by atoms with van der Waals surface area (Å²) in [5.41, 5.74) is 8.46. The van der Waals surface area contributed by atoms with Crippen LogP contribution >= 0.6 is 0 Å². The minimum atomic E-state index is -1.92. The van der Waals surface area contributed by atoms with Crippen LogP contribution in [-0.2, 0) is 9.22 Å². The van der Waals surface area contributed by atoms with Gasteiger partial charge in [-0.3, -0.25) is 4.79 Å². The maximum Gasteiger partial charge on any atom is 0.228 e. The Morgan fingerprint density at radius 3 is 2.58 bits per heavy atom. The molecule has 0 radical (unpaired) electrons. The molecule has 0 atom stereocenters. The third-order valence-corrected chi connectivity index (χ3v) is 11.7. The molecule has 0 aliphatic heterocycles. The van der Waals surface area contributed by atoms with E-state index in [-0.39, 0.29) is 22.6 Å². The molecule has 0 unspecified atom stereocenters. The van der Waals surface area contributed by atoms with E-state index in [1.54, 1.807) is 37.4 Å². The molecule has 2 aromatic heterocycles. The number of hydrogen-bond donors (Lipinski definition) is 2. The van der Waals surface area contributed by atoms with Crippen LogP contribution in [-0.4, -0.2) is 42.4 Å². The van der Waals surface area contributed by atoms with Crippen LogP contribution in [0, 0.1) is 18.7 Å². The molecule has 10 heteroatoms. The highest BCUT2D eigenvalue weighted by molar-refractivity contribution is 6.74. The van der Waals surface area contributed by atoms with E-state index in [1.165, 1.54) is 6.07 Å². The van der Waals surface area contributed by atoms with Gasteiger partial charge in [-0.1, -0.05) is 20.8 Å². The Morgan fingerprint density at radius 2 is 1.89 bits per heavy atom. The molecule has 3 aromatic rings. The fraction of sp³-hybridized carbons (Fsp3) is 0.429. The molecule has 0 spiro atoms. The van der Waals surface area contributed by atoms with Crippen molar-refractivity contribution in [3.05, 3.63) is 47.9 Å². The van der Waals surface area contributed by atoms with Crippen LogP contribution in [0.25, 0.3) is 22.6 Å². The van der Waals surface area contributed by atoms with Gasteiger partial charge in [-0.15, -0.1) is 0 Å². The lowest BCUT2D eigenvalue weighted by molar-refractivity contribution is -0.117. The SMILES string of the molecule is Cc1cc(F)c(N)cc1-c1cc(OCCO[Si](C)(C)C(C)(C)C)nc(-c2ccnc(NC(=O)C3CC3)c2)n1. The number of nitrogens with one attached hydrogen (secondary N) is 1. The van der Waals surface area contributed by atoms with Crippen LogP contribution in [0.5, 0.6) is 5.88 Å². The number of aryl methyl sites for hydroxylation is 1. The van der Waals surface area contributed by atoms with Gasteiger partial charge in [-0.25, -0.2) is 14.4 Å². The number of nitrogen functional groups attached to an aromatic ring is 1. The van der Waals surface area contributed by atoms with Gasteiger partial charge in [-0.05, 0) is 67.7 Å². The highest BCUT2D eigenvalue weighted by Gasteiger charge is 2.37. The van der Waals surface area contributed by atoms with Crippen molar-refractivity contribution in [2.45, 2.75) is 58.7 Å². The Bertz CT molecular complexity index is 1340. The van der Waals surface area contributed by atoms with Crippen LogP contribution in [0.1, 0.15) is 39.2 Å². The number of halogens is 1. The average molecular weight is 538 g/mol. The summed E-state index contributed by atoms with van der Waals surface area (Å²) in [4.78, 5) is 25.9. The molecular weight excluding hydrogens is 501 g/mol. The third kappa shape index (κ3) is 6.54. The van der Waals surface area contributed by atoms with Gasteiger partial charge in [-0.2, -0.15) is 4.98 Å². The van der Waals surface area contributed by atoms with E-state index in [0.717, 1.165) is 12.8 Å². The largest absolute Gasteiger partial charge is 0.475 e. The first kappa shape index (κ1) is 27.7. The van der Waals surface area contributed by atoms with E-state index >= 15 is 0 Å². The zero-order valence-electron chi connectivity index (χ0n) is 22.9. The Labute approximate surface area is 224 Å². The number of nitrogens with zero attached hydrogens (tertiary/aromatic N) is 3. The van der Waals surface area contributed by atoms with Crippen molar-refractivity contribution in [2.75, 3.05) is 24.3 Å². The molecule has 1 amide bonds. The van der Waals surface area contributed by atoms with Gasteiger partial charge in [0.25, 0.3) is 0 Å². The molecular formula is C28H36FN5O3Si. The lowest BCUT2D eigenvalue weighted by Crippen LogP contribution is -2.41. The maximum atomic E-state index is 14.1. The van der Waals surface area contributed by atoms with Gasteiger partial charge in [0.15, 0.2) is 14.1 Å². The molecule has 1 aromatic carbocycles. The number of pyridine rings is 1. The van der Waals surface area contributed by atoms with Crippen molar-refractivity contribution in [1.82, 2.24) is 15.0 Å². The van der Waals surface area contributed by atoms with Crippen molar-refractivity contribution in [3.8, 4) is 28.5 Å². The number of aromatic nitrogens is 3. The topological polar surface area (TPSA) is 112 Å². The molecule has 38 heavy (non-hydrogen) atoms. The minimum absolute atomic E-state index is 0.0324. The fourth-order valence-corrected chi connectivity index (χ4v) is 4.63. The van der Waals surface area contributed by atoms with Crippen molar-refractivity contribution in [2.24, 2.45) is 5.92 Å². The van der Waals surface area contributed by atoms with Gasteiger partial charge in [0.1, 0.15) is 18.2 Å². The number of hydrogen-bond acceptors (Lipinski definition) is 7. The first-order chi connectivity index (χ1) is 17.8. The monoisotopic (exact) mass is 537 g/mol. The molecule has 2 heterocycles. The van der Waals surface area contributed by atoms with Crippen LogP contribution in [0.15, 0.2) is 36.5 Å². The predicted molar refractivity (Wildman–Crippen MR) is 150 cm³/mol. The first-order valence-electron chi connectivity index (χ1n) is 12.8. The Morgan fingerprint density at radius 1 is 1.16 bits per heavy atom. The quantitative estimate of drug-likeness (QED) is 0.196. The summed E-state index contributed by atoms with van der Waals surface area (Å²) in [5.74, 6) is 0.708. The van der Waals surface area contributed by atoms with E-state index in [2.05, 4.69) is 49.1 Å². The van der Waals surface area contributed by atoms with Crippen molar-refractivity contribution < 1.29 is 18.3 Å². The van der Waals surface area contributed by atoms with Gasteiger partial charge in [0.2, 0.25) is 11.8 Å². The van der Waals surface area contributed by atoms with Crippen LogP contribution in [0.2, 0.25) is 18.1 Å². The van der Waals surface area contributed by atoms with Crippen molar-refractivity contribution in [1.29, 1.82) is 0 Å². The molecule has 0 saturated heterocycles. The molecule has 3 N–H and O–H groups in total. The van der Waals surface area contributed by atoms with E-state index in [0.29, 0.717) is 53.1 Å². The van der Waals surface area contributed by atoms with Gasteiger partial charge >= 0.3 is 0 Å². The highest BCUT2D eigenvalue weighted by atomic mass is 28.4. The predicted octanol–water partition coefficient (Wildman–Crippen LogP) is 5.98. The molecule has 0 bridgehead atoms. The second kappa shape index (κ2) is 10.8. The van der Waals surface area contributed by atoms with Crippen molar-refractivity contribution >= 4 is 25.7 Å². The number of nitrogens with two attached hydrogens (primary N) is 1.